The minimum Gasteiger partial charge on any atom is -0.444 e. The van der Waals surface area contributed by atoms with Gasteiger partial charge >= 0.3 is 0 Å². The van der Waals surface area contributed by atoms with Crippen LogP contribution in [0.5, 0.6) is 0 Å². The van der Waals surface area contributed by atoms with Crippen molar-refractivity contribution in [1.29, 1.82) is 0 Å². The quantitative estimate of drug-likeness (QED) is 0.833. The van der Waals surface area contributed by atoms with E-state index in [0.29, 0.717) is 12.1 Å². The summed E-state index contributed by atoms with van der Waals surface area (Å²) in [4.78, 5) is 6.97. The molecule has 20 heavy (non-hydrogen) atoms. The molecule has 3 rings (SSSR count). The van der Waals surface area contributed by atoms with Gasteiger partial charge < -0.3 is 9.15 Å². The minimum atomic E-state index is 0.0314. The molecular weight excluding hydrogens is 252 g/mol. The zero-order valence-corrected chi connectivity index (χ0v) is 12.9. The lowest BCUT2D eigenvalue weighted by Gasteiger charge is -2.43. The maximum atomic E-state index is 5.94. The van der Waals surface area contributed by atoms with Crippen molar-refractivity contribution in [1.82, 2.24) is 9.88 Å². The predicted octanol–water partition coefficient (Wildman–Crippen LogP) is 3.12. The molecule has 1 aromatic rings. The summed E-state index contributed by atoms with van der Waals surface area (Å²) in [5.74, 6) is 1.82. The molecule has 4 heteroatoms. The maximum absolute atomic E-state index is 5.94. The number of ether oxygens (including phenoxy) is 1. The van der Waals surface area contributed by atoms with Gasteiger partial charge in [-0.25, -0.2) is 4.98 Å². The standard InChI is InChI=1S/C16H26N2O2/c1-16(2,3)14-10-17-15(20-14)11-18-8-9-19-13-7-5-4-6-12(13)18/h10,12-13H,4-9,11H2,1-3H3/t12-,13-/m1/s1. The lowest BCUT2D eigenvalue weighted by atomic mass is 9.90. The number of hydrogen-bond donors (Lipinski definition) is 0. The molecule has 1 saturated heterocycles. The summed E-state index contributed by atoms with van der Waals surface area (Å²) in [5.41, 5.74) is 0.0314. The van der Waals surface area contributed by atoms with Crippen molar-refractivity contribution >= 4 is 0 Å². The van der Waals surface area contributed by atoms with Gasteiger partial charge in [-0.2, -0.15) is 0 Å². The first-order chi connectivity index (χ1) is 9.54. The molecule has 1 saturated carbocycles. The van der Waals surface area contributed by atoms with E-state index >= 15 is 0 Å². The van der Waals surface area contributed by atoms with Crippen LogP contribution in [-0.2, 0) is 16.7 Å². The average Bonchev–Trinajstić information content (AvgIpc) is 2.88. The Balaban J connectivity index is 1.68. The number of rotatable bonds is 2. The Labute approximate surface area is 121 Å². The number of hydrogen-bond acceptors (Lipinski definition) is 4. The third-order valence-electron chi connectivity index (χ3n) is 4.48. The first-order valence-corrected chi connectivity index (χ1v) is 7.85. The lowest BCUT2D eigenvalue weighted by Crippen LogP contribution is -2.52. The molecule has 0 aromatic carbocycles. The van der Waals surface area contributed by atoms with Crippen molar-refractivity contribution in [2.24, 2.45) is 0 Å². The first kappa shape index (κ1) is 14.1. The average molecular weight is 278 g/mol. The summed E-state index contributed by atoms with van der Waals surface area (Å²) in [5, 5.41) is 0. The molecule has 1 aliphatic carbocycles. The van der Waals surface area contributed by atoms with E-state index in [4.69, 9.17) is 9.15 Å². The van der Waals surface area contributed by atoms with E-state index in [1.807, 2.05) is 6.20 Å². The number of nitrogens with zero attached hydrogens (tertiary/aromatic N) is 2. The van der Waals surface area contributed by atoms with Crippen LogP contribution in [0.15, 0.2) is 10.6 Å². The molecule has 0 unspecified atom stereocenters. The van der Waals surface area contributed by atoms with E-state index in [1.165, 1.54) is 25.7 Å². The Morgan fingerprint density at radius 2 is 2.10 bits per heavy atom. The van der Waals surface area contributed by atoms with Gasteiger partial charge in [0.25, 0.3) is 0 Å². The van der Waals surface area contributed by atoms with Gasteiger partial charge in [-0.05, 0) is 12.8 Å². The third-order valence-corrected chi connectivity index (χ3v) is 4.48. The Morgan fingerprint density at radius 3 is 2.85 bits per heavy atom. The Kier molecular flexibility index (Phi) is 3.87. The summed E-state index contributed by atoms with van der Waals surface area (Å²) in [6, 6.07) is 0.558. The van der Waals surface area contributed by atoms with E-state index < -0.39 is 0 Å². The van der Waals surface area contributed by atoms with Gasteiger partial charge in [0.2, 0.25) is 5.89 Å². The monoisotopic (exact) mass is 278 g/mol. The summed E-state index contributed by atoms with van der Waals surface area (Å²) >= 11 is 0. The van der Waals surface area contributed by atoms with Crippen LogP contribution in [0.2, 0.25) is 0 Å². The molecule has 112 valence electrons. The highest BCUT2D eigenvalue weighted by Gasteiger charge is 2.34. The summed E-state index contributed by atoms with van der Waals surface area (Å²) in [7, 11) is 0. The zero-order valence-electron chi connectivity index (χ0n) is 12.9. The highest BCUT2D eigenvalue weighted by atomic mass is 16.5. The van der Waals surface area contributed by atoms with Crippen molar-refractivity contribution in [2.45, 2.75) is 70.6 Å². The van der Waals surface area contributed by atoms with Crippen LogP contribution in [0.3, 0.4) is 0 Å². The van der Waals surface area contributed by atoms with Crippen molar-refractivity contribution < 1.29 is 9.15 Å². The van der Waals surface area contributed by atoms with Gasteiger partial charge in [-0.3, -0.25) is 4.90 Å². The van der Waals surface area contributed by atoms with Crippen LogP contribution in [0.1, 0.15) is 58.1 Å². The molecule has 1 aliphatic heterocycles. The smallest absolute Gasteiger partial charge is 0.208 e. The summed E-state index contributed by atoms with van der Waals surface area (Å²) in [6.45, 7) is 9.12. The second-order valence-electron chi connectivity index (χ2n) is 7.10. The molecule has 0 radical (unpaired) electrons. The number of aromatic nitrogens is 1. The van der Waals surface area contributed by atoms with Gasteiger partial charge in [0.05, 0.1) is 25.5 Å². The van der Waals surface area contributed by atoms with Crippen LogP contribution < -0.4 is 0 Å². The second-order valence-corrected chi connectivity index (χ2v) is 7.10. The van der Waals surface area contributed by atoms with Crippen molar-refractivity contribution in [3.05, 3.63) is 17.8 Å². The van der Waals surface area contributed by atoms with E-state index in [9.17, 15) is 0 Å². The van der Waals surface area contributed by atoms with Crippen molar-refractivity contribution in [3.8, 4) is 0 Å². The van der Waals surface area contributed by atoms with E-state index in [2.05, 4.69) is 30.7 Å². The van der Waals surface area contributed by atoms with E-state index in [1.54, 1.807) is 0 Å². The fourth-order valence-corrected chi connectivity index (χ4v) is 3.28. The molecule has 1 aromatic heterocycles. The van der Waals surface area contributed by atoms with Gasteiger partial charge in [-0.15, -0.1) is 0 Å². The van der Waals surface area contributed by atoms with E-state index in [-0.39, 0.29) is 5.41 Å². The van der Waals surface area contributed by atoms with Crippen molar-refractivity contribution in [2.75, 3.05) is 13.2 Å². The summed E-state index contributed by atoms with van der Waals surface area (Å²) < 4.78 is 11.9. The molecule has 4 nitrogen and oxygen atoms in total. The molecule has 2 heterocycles. The molecule has 0 spiro atoms. The molecular formula is C16H26N2O2. The fraction of sp³-hybridized carbons (Fsp3) is 0.812. The van der Waals surface area contributed by atoms with Crippen molar-refractivity contribution in [3.63, 3.8) is 0 Å². The number of oxazole rings is 1. The van der Waals surface area contributed by atoms with E-state index in [0.717, 1.165) is 31.3 Å². The Hall–Kier alpha value is -0.870. The largest absolute Gasteiger partial charge is 0.444 e. The van der Waals surface area contributed by atoms with Gasteiger partial charge in [0, 0.05) is 18.0 Å². The molecule has 0 bridgehead atoms. The molecule has 0 N–H and O–H groups in total. The van der Waals surface area contributed by atoms with Crippen LogP contribution >= 0.6 is 0 Å². The SMILES string of the molecule is CC(C)(C)c1cnc(CN2CCO[C@@H]3CCCC[C@H]32)o1. The van der Waals surface area contributed by atoms with Gasteiger partial charge in [0.15, 0.2) is 0 Å². The zero-order chi connectivity index (χ0) is 14.2. The Morgan fingerprint density at radius 1 is 1.30 bits per heavy atom. The second kappa shape index (κ2) is 5.49. The molecule has 2 aliphatic rings. The number of fused-ring (bicyclic) bond motifs is 1. The van der Waals surface area contributed by atoms with Crippen LogP contribution in [0, 0.1) is 0 Å². The lowest BCUT2D eigenvalue weighted by molar-refractivity contribution is -0.0931. The minimum absolute atomic E-state index is 0.0314. The highest BCUT2D eigenvalue weighted by molar-refractivity contribution is 5.06. The van der Waals surface area contributed by atoms with Gasteiger partial charge in [-0.1, -0.05) is 33.6 Å². The fourth-order valence-electron chi connectivity index (χ4n) is 3.28. The van der Waals surface area contributed by atoms with Crippen LogP contribution in [0.4, 0.5) is 0 Å². The third kappa shape index (κ3) is 2.91. The van der Waals surface area contributed by atoms with Crippen LogP contribution in [0.25, 0.3) is 0 Å². The Bertz CT molecular complexity index is 448. The summed E-state index contributed by atoms with van der Waals surface area (Å²) in [6.07, 6.45) is 7.39. The highest BCUT2D eigenvalue weighted by Crippen LogP contribution is 2.30. The maximum Gasteiger partial charge on any atom is 0.208 e. The normalized spacial score (nSPS) is 28.4. The molecule has 2 atom stereocenters. The van der Waals surface area contributed by atoms with Crippen LogP contribution in [-0.4, -0.2) is 35.2 Å². The molecule has 2 fully saturated rings. The number of morpholine rings is 1. The van der Waals surface area contributed by atoms with Gasteiger partial charge in [0.1, 0.15) is 5.76 Å². The predicted molar refractivity (Wildman–Crippen MR) is 77.6 cm³/mol. The topological polar surface area (TPSA) is 38.5 Å². The molecule has 0 amide bonds. The first-order valence-electron chi connectivity index (χ1n) is 7.85.